The molecule has 0 saturated heterocycles. The third-order valence-corrected chi connectivity index (χ3v) is 1.71. The second-order valence-electron chi connectivity index (χ2n) is 3.22. The Bertz CT molecular complexity index is 330. The van der Waals surface area contributed by atoms with E-state index in [-0.39, 0.29) is 6.61 Å². The molecule has 0 rings (SSSR count). The Balaban J connectivity index is 4.12. The monoisotopic (exact) mass is 270 g/mol. The number of alkyl halides is 3. The van der Waals surface area contributed by atoms with Crippen molar-refractivity contribution >= 4 is 17.8 Å². The van der Waals surface area contributed by atoms with Gasteiger partial charge in [0.25, 0.3) is 0 Å². The Hall–Kier alpha value is -1.80. The number of rotatable bonds is 5. The van der Waals surface area contributed by atoms with Gasteiger partial charge in [-0.25, -0.2) is 0 Å². The average Bonchev–Trinajstić information content (AvgIpc) is 2.24. The molecular weight excluding hydrogens is 257 g/mol. The predicted octanol–water partition coefficient (Wildman–Crippen LogP) is -0.267. The SMILES string of the molecule is CCOC(=O)CNC(=O)C(C)NC(=O)C(F)(F)F. The highest BCUT2D eigenvalue weighted by molar-refractivity contribution is 5.90. The third-order valence-electron chi connectivity index (χ3n) is 1.71. The molecule has 9 heteroatoms. The lowest BCUT2D eigenvalue weighted by Crippen LogP contribution is -2.49. The molecule has 0 radical (unpaired) electrons. The van der Waals surface area contributed by atoms with Gasteiger partial charge in [0.1, 0.15) is 12.6 Å². The normalized spacial score (nSPS) is 12.5. The Morgan fingerprint density at radius 1 is 1.28 bits per heavy atom. The molecule has 0 aliphatic rings. The van der Waals surface area contributed by atoms with Crippen LogP contribution in [0.25, 0.3) is 0 Å². The van der Waals surface area contributed by atoms with Crippen LogP contribution >= 0.6 is 0 Å². The van der Waals surface area contributed by atoms with Gasteiger partial charge in [0, 0.05) is 0 Å². The van der Waals surface area contributed by atoms with Crippen LogP contribution in [0.5, 0.6) is 0 Å². The molecule has 0 aliphatic heterocycles. The molecule has 0 bridgehead atoms. The van der Waals surface area contributed by atoms with Crippen LogP contribution in [-0.4, -0.2) is 43.2 Å². The van der Waals surface area contributed by atoms with Gasteiger partial charge >= 0.3 is 18.1 Å². The van der Waals surface area contributed by atoms with Crippen molar-refractivity contribution in [3.63, 3.8) is 0 Å². The maximum atomic E-state index is 11.9. The lowest BCUT2D eigenvalue weighted by Gasteiger charge is -2.14. The molecule has 0 aromatic rings. The fourth-order valence-electron chi connectivity index (χ4n) is 0.868. The molecule has 0 aromatic heterocycles. The minimum atomic E-state index is -5.06. The second kappa shape index (κ2) is 6.82. The maximum absolute atomic E-state index is 11.9. The lowest BCUT2D eigenvalue weighted by atomic mass is 10.3. The molecule has 1 unspecified atom stereocenters. The van der Waals surface area contributed by atoms with Crippen molar-refractivity contribution in [2.75, 3.05) is 13.2 Å². The van der Waals surface area contributed by atoms with Crippen LogP contribution in [0.2, 0.25) is 0 Å². The van der Waals surface area contributed by atoms with Crippen LogP contribution < -0.4 is 10.6 Å². The summed E-state index contributed by atoms with van der Waals surface area (Å²) in [5.41, 5.74) is 0. The molecule has 1 atom stereocenters. The zero-order valence-corrected chi connectivity index (χ0v) is 9.76. The zero-order valence-electron chi connectivity index (χ0n) is 9.76. The van der Waals surface area contributed by atoms with Crippen LogP contribution in [0.3, 0.4) is 0 Å². The third kappa shape index (κ3) is 6.06. The van der Waals surface area contributed by atoms with E-state index in [1.165, 1.54) is 5.32 Å². The lowest BCUT2D eigenvalue weighted by molar-refractivity contribution is -0.174. The molecule has 0 heterocycles. The predicted molar refractivity (Wildman–Crippen MR) is 53.3 cm³/mol. The molecule has 0 fully saturated rings. The number of carbonyl (C=O) groups is 3. The summed E-state index contributed by atoms with van der Waals surface area (Å²) in [4.78, 5) is 32.6. The highest BCUT2D eigenvalue weighted by Gasteiger charge is 2.39. The van der Waals surface area contributed by atoms with Crippen LogP contribution in [0.15, 0.2) is 0 Å². The Labute approximate surface area is 101 Å². The molecule has 0 spiro atoms. The maximum Gasteiger partial charge on any atom is 0.471 e. The summed E-state index contributed by atoms with van der Waals surface area (Å²) in [5, 5.41) is 3.48. The van der Waals surface area contributed by atoms with E-state index in [4.69, 9.17) is 0 Å². The van der Waals surface area contributed by atoms with Crippen molar-refractivity contribution in [2.45, 2.75) is 26.1 Å². The number of halogens is 3. The quantitative estimate of drug-likeness (QED) is 0.674. The first-order chi connectivity index (χ1) is 8.18. The number of nitrogens with one attached hydrogen (secondary N) is 2. The molecule has 0 saturated carbocycles. The number of esters is 1. The van der Waals surface area contributed by atoms with Gasteiger partial charge in [0.15, 0.2) is 0 Å². The van der Waals surface area contributed by atoms with Crippen molar-refractivity contribution in [1.29, 1.82) is 0 Å². The van der Waals surface area contributed by atoms with Crippen LogP contribution in [0, 0.1) is 0 Å². The molecule has 2 amide bonds. The van der Waals surface area contributed by atoms with Gasteiger partial charge in [0.2, 0.25) is 5.91 Å². The van der Waals surface area contributed by atoms with Crippen LogP contribution in [0.1, 0.15) is 13.8 Å². The van der Waals surface area contributed by atoms with E-state index >= 15 is 0 Å². The Morgan fingerprint density at radius 2 is 1.83 bits per heavy atom. The number of carbonyl (C=O) groups excluding carboxylic acids is 3. The van der Waals surface area contributed by atoms with Gasteiger partial charge in [0.05, 0.1) is 6.61 Å². The zero-order chi connectivity index (χ0) is 14.3. The van der Waals surface area contributed by atoms with Gasteiger partial charge < -0.3 is 15.4 Å². The van der Waals surface area contributed by atoms with Crippen molar-refractivity contribution in [1.82, 2.24) is 10.6 Å². The molecule has 2 N–H and O–H groups in total. The van der Waals surface area contributed by atoms with Gasteiger partial charge in [-0.1, -0.05) is 0 Å². The first kappa shape index (κ1) is 16.2. The Kier molecular flexibility index (Phi) is 6.14. The minimum Gasteiger partial charge on any atom is -0.465 e. The molecule has 0 aromatic carbocycles. The number of hydrogen-bond donors (Lipinski definition) is 2. The average molecular weight is 270 g/mol. The number of hydrogen-bond acceptors (Lipinski definition) is 4. The largest absolute Gasteiger partial charge is 0.471 e. The second-order valence-corrected chi connectivity index (χ2v) is 3.22. The summed E-state index contributed by atoms with van der Waals surface area (Å²) in [6.45, 7) is 2.27. The smallest absolute Gasteiger partial charge is 0.465 e. The van der Waals surface area contributed by atoms with Crippen molar-refractivity contribution in [2.24, 2.45) is 0 Å². The number of amides is 2. The Morgan fingerprint density at radius 3 is 2.28 bits per heavy atom. The van der Waals surface area contributed by atoms with Crippen LogP contribution in [-0.2, 0) is 19.1 Å². The van der Waals surface area contributed by atoms with E-state index in [1.807, 2.05) is 5.32 Å². The van der Waals surface area contributed by atoms with E-state index in [1.54, 1.807) is 6.92 Å². The van der Waals surface area contributed by atoms with Crippen molar-refractivity contribution in [3.05, 3.63) is 0 Å². The van der Waals surface area contributed by atoms with E-state index in [2.05, 4.69) is 4.74 Å². The summed E-state index contributed by atoms with van der Waals surface area (Å²) >= 11 is 0. The van der Waals surface area contributed by atoms with Crippen LogP contribution in [0.4, 0.5) is 13.2 Å². The molecule has 0 aliphatic carbocycles. The van der Waals surface area contributed by atoms with Gasteiger partial charge in [-0.15, -0.1) is 0 Å². The first-order valence-corrected chi connectivity index (χ1v) is 4.99. The summed E-state index contributed by atoms with van der Waals surface area (Å²) < 4.78 is 40.1. The summed E-state index contributed by atoms with van der Waals surface area (Å²) in [5.74, 6) is -3.86. The highest BCUT2D eigenvalue weighted by atomic mass is 19.4. The van der Waals surface area contributed by atoms with E-state index in [9.17, 15) is 27.6 Å². The summed E-state index contributed by atoms with van der Waals surface area (Å²) in [6, 6.07) is -1.41. The van der Waals surface area contributed by atoms with Crippen molar-refractivity contribution in [3.8, 4) is 0 Å². The molecular formula is C9H13F3N2O4. The topological polar surface area (TPSA) is 84.5 Å². The molecule has 104 valence electrons. The highest BCUT2D eigenvalue weighted by Crippen LogP contribution is 2.14. The summed E-state index contributed by atoms with van der Waals surface area (Å²) in [7, 11) is 0. The van der Waals surface area contributed by atoms with E-state index in [0.29, 0.717) is 0 Å². The van der Waals surface area contributed by atoms with Gasteiger partial charge in [-0.05, 0) is 13.8 Å². The first-order valence-electron chi connectivity index (χ1n) is 4.99. The molecule has 6 nitrogen and oxygen atoms in total. The fourth-order valence-corrected chi connectivity index (χ4v) is 0.868. The van der Waals surface area contributed by atoms with E-state index in [0.717, 1.165) is 6.92 Å². The number of ether oxygens (including phenoxy) is 1. The van der Waals surface area contributed by atoms with Gasteiger partial charge in [-0.2, -0.15) is 13.2 Å². The fraction of sp³-hybridized carbons (Fsp3) is 0.667. The standard InChI is InChI=1S/C9H13F3N2O4/c1-3-18-6(15)4-13-7(16)5(2)14-8(17)9(10,11)12/h5H,3-4H2,1-2H3,(H,13,16)(H,14,17). The van der Waals surface area contributed by atoms with Crippen molar-refractivity contribution < 1.29 is 32.3 Å². The minimum absolute atomic E-state index is 0.120. The molecule has 18 heavy (non-hydrogen) atoms. The van der Waals surface area contributed by atoms with Gasteiger partial charge in [-0.3, -0.25) is 14.4 Å². The van der Waals surface area contributed by atoms with E-state index < -0.39 is 36.5 Å². The summed E-state index contributed by atoms with van der Waals surface area (Å²) in [6.07, 6.45) is -5.06.